The van der Waals surface area contributed by atoms with E-state index in [4.69, 9.17) is 17.3 Å². The van der Waals surface area contributed by atoms with E-state index >= 15 is 0 Å². The number of pyridine rings is 1. The van der Waals surface area contributed by atoms with E-state index in [1.807, 2.05) is 29.8 Å². The average Bonchev–Trinajstić information content (AvgIpc) is 3.25. The summed E-state index contributed by atoms with van der Waals surface area (Å²) >= 11 is 7.67. The fourth-order valence-electron chi connectivity index (χ4n) is 2.96. The first-order chi connectivity index (χ1) is 13.5. The molecule has 2 atom stereocenters. The number of nitrogens with one attached hydrogen (secondary N) is 1. The predicted octanol–water partition coefficient (Wildman–Crippen LogP) is 2.56. The van der Waals surface area contributed by atoms with Crippen LogP contribution in [0.4, 0.5) is 5.95 Å². The van der Waals surface area contributed by atoms with Crippen molar-refractivity contribution in [2.24, 2.45) is 5.73 Å². The first-order valence-electron chi connectivity index (χ1n) is 8.70. The lowest BCUT2D eigenvalue weighted by Crippen LogP contribution is -2.25. The zero-order chi connectivity index (χ0) is 19.7. The second-order valence-corrected chi connectivity index (χ2v) is 7.92. The topological polar surface area (TPSA) is 112 Å². The molecule has 28 heavy (non-hydrogen) atoms. The minimum Gasteiger partial charge on any atom is -0.368 e. The molecule has 0 saturated heterocycles. The minimum absolute atomic E-state index is 0.0578. The van der Waals surface area contributed by atoms with Crippen LogP contribution in [0.15, 0.2) is 42.1 Å². The Hall–Kier alpha value is -2.65. The normalized spacial score (nSPS) is 16.6. The van der Waals surface area contributed by atoms with E-state index in [1.54, 1.807) is 18.6 Å². The van der Waals surface area contributed by atoms with Gasteiger partial charge in [-0.3, -0.25) is 9.78 Å². The summed E-state index contributed by atoms with van der Waals surface area (Å²) in [5.41, 5.74) is 7.76. The summed E-state index contributed by atoms with van der Waals surface area (Å²) in [6.07, 6.45) is 7.62. The first kappa shape index (κ1) is 18.7. The number of amides is 1. The summed E-state index contributed by atoms with van der Waals surface area (Å²) in [5, 5.41) is 4.67. The van der Waals surface area contributed by atoms with Gasteiger partial charge in [0.25, 0.3) is 0 Å². The van der Waals surface area contributed by atoms with Crippen molar-refractivity contribution in [3.05, 3.63) is 47.6 Å². The van der Waals surface area contributed by atoms with E-state index in [0.717, 1.165) is 16.4 Å². The minimum atomic E-state index is -0.359. The molecule has 3 aromatic rings. The van der Waals surface area contributed by atoms with Crippen molar-refractivity contribution in [3.8, 4) is 11.3 Å². The van der Waals surface area contributed by atoms with Gasteiger partial charge in [0.15, 0.2) is 5.16 Å². The second-order valence-electron chi connectivity index (χ2n) is 6.52. The van der Waals surface area contributed by atoms with Crippen LogP contribution in [-0.2, 0) is 11.2 Å². The molecule has 3 aromatic heterocycles. The van der Waals surface area contributed by atoms with Crippen LogP contribution in [0.1, 0.15) is 18.7 Å². The molecule has 0 spiro atoms. The van der Waals surface area contributed by atoms with E-state index in [2.05, 4.69) is 25.3 Å². The van der Waals surface area contributed by atoms with Crippen LogP contribution in [0.2, 0.25) is 5.02 Å². The van der Waals surface area contributed by atoms with Gasteiger partial charge in [-0.15, -0.1) is 0 Å². The number of imidazole rings is 1. The van der Waals surface area contributed by atoms with Crippen LogP contribution in [0.3, 0.4) is 0 Å². The third kappa shape index (κ3) is 3.81. The van der Waals surface area contributed by atoms with Gasteiger partial charge in [0.1, 0.15) is 6.04 Å². The summed E-state index contributed by atoms with van der Waals surface area (Å²) < 4.78 is 1.81. The highest BCUT2D eigenvalue weighted by Crippen LogP contribution is 2.35. The van der Waals surface area contributed by atoms with E-state index in [-0.39, 0.29) is 18.0 Å². The number of aromatic nitrogens is 5. The second kappa shape index (κ2) is 7.76. The fourth-order valence-corrected chi connectivity index (χ4v) is 4.29. The number of rotatable bonds is 6. The molecule has 0 aliphatic carbocycles. The molecular weight excluding hydrogens is 398 g/mol. The smallest absolute Gasteiger partial charge is 0.241 e. The van der Waals surface area contributed by atoms with Crippen molar-refractivity contribution in [1.29, 1.82) is 0 Å². The van der Waals surface area contributed by atoms with Crippen LogP contribution >= 0.6 is 23.4 Å². The van der Waals surface area contributed by atoms with Gasteiger partial charge in [0.05, 0.1) is 16.4 Å². The van der Waals surface area contributed by atoms with Crippen LogP contribution in [0.5, 0.6) is 0 Å². The van der Waals surface area contributed by atoms with Crippen molar-refractivity contribution < 1.29 is 4.79 Å². The van der Waals surface area contributed by atoms with Gasteiger partial charge in [0, 0.05) is 48.6 Å². The molecule has 3 N–H and O–H groups in total. The van der Waals surface area contributed by atoms with Crippen molar-refractivity contribution in [2.75, 3.05) is 11.1 Å². The van der Waals surface area contributed by atoms with Crippen LogP contribution in [-0.4, -0.2) is 42.2 Å². The number of nitrogens with zero attached hydrogens (tertiary/aromatic N) is 5. The maximum atomic E-state index is 11.5. The average molecular weight is 416 g/mol. The van der Waals surface area contributed by atoms with Crippen molar-refractivity contribution in [3.63, 3.8) is 0 Å². The predicted molar refractivity (Wildman–Crippen MR) is 108 cm³/mol. The number of primary amides is 1. The Morgan fingerprint density at radius 2 is 2.21 bits per heavy atom. The van der Waals surface area contributed by atoms with Gasteiger partial charge >= 0.3 is 0 Å². The highest BCUT2D eigenvalue weighted by Gasteiger charge is 2.29. The Morgan fingerprint density at radius 3 is 2.93 bits per heavy atom. The quantitative estimate of drug-likeness (QED) is 0.636. The molecular formula is C18H18ClN7OS. The van der Waals surface area contributed by atoms with Crippen molar-refractivity contribution in [1.82, 2.24) is 24.5 Å². The highest BCUT2D eigenvalue weighted by atomic mass is 35.5. The van der Waals surface area contributed by atoms with Gasteiger partial charge in [-0.1, -0.05) is 23.4 Å². The number of thioether (sulfide) groups is 1. The van der Waals surface area contributed by atoms with E-state index in [1.165, 1.54) is 11.8 Å². The van der Waals surface area contributed by atoms with Crippen LogP contribution < -0.4 is 11.1 Å². The molecule has 0 bridgehead atoms. The number of hydrogen-bond donors (Lipinski definition) is 2. The van der Waals surface area contributed by atoms with E-state index in [9.17, 15) is 4.79 Å². The van der Waals surface area contributed by atoms with Crippen LogP contribution in [0.25, 0.3) is 11.3 Å². The van der Waals surface area contributed by atoms with Crippen LogP contribution in [0, 0.1) is 0 Å². The number of hydrogen-bond acceptors (Lipinski definition) is 7. The molecule has 4 heterocycles. The maximum Gasteiger partial charge on any atom is 0.241 e. The fraction of sp³-hybridized carbons (Fsp3) is 0.278. The molecule has 10 heteroatoms. The number of carbonyl (C=O) groups is 1. The molecule has 2 unspecified atom stereocenters. The zero-order valence-electron chi connectivity index (χ0n) is 15.0. The number of halogens is 1. The lowest BCUT2D eigenvalue weighted by Gasteiger charge is -2.14. The molecule has 1 aliphatic heterocycles. The Morgan fingerprint density at radius 1 is 1.43 bits per heavy atom. The molecule has 8 nitrogen and oxygen atoms in total. The third-order valence-corrected chi connectivity index (χ3v) is 5.78. The number of anilines is 1. The number of fused-ring (bicyclic) bond motifs is 1. The van der Waals surface area contributed by atoms with Gasteiger partial charge in [-0.2, -0.15) is 0 Å². The monoisotopic (exact) mass is 415 g/mol. The summed E-state index contributed by atoms with van der Waals surface area (Å²) in [6, 6.07) is 3.33. The lowest BCUT2D eigenvalue weighted by molar-refractivity contribution is -0.120. The standard InChI is InChI=1S/C18H18ClN7OS/c1-10(5-13-12(19)3-2-4-21-13)24-17-22-6-11(7-23-17)14-8-26-15(16(20)27)9-28-18(26)25-14/h2-4,6-8,10,15H,5,9H2,1H3,(H2,20,27)(H,22,23,24). The van der Waals surface area contributed by atoms with E-state index < -0.39 is 0 Å². The Kier molecular flexibility index (Phi) is 5.19. The molecule has 1 amide bonds. The number of carbonyl (C=O) groups excluding carboxylic acids is 1. The molecule has 4 rings (SSSR count). The first-order valence-corrected chi connectivity index (χ1v) is 10.1. The SMILES string of the molecule is CC(Cc1ncccc1Cl)Nc1ncc(-c2cn3c(n2)SCC3C(N)=O)cn1. The zero-order valence-corrected chi connectivity index (χ0v) is 16.6. The summed E-state index contributed by atoms with van der Waals surface area (Å²) in [6.45, 7) is 2.02. The summed E-state index contributed by atoms with van der Waals surface area (Å²) in [5.74, 6) is 0.780. The summed E-state index contributed by atoms with van der Waals surface area (Å²) in [7, 11) is 0. The van der Waals surface area contributed by atoms with Gasteiger partial charge < -0.3 is 15.6 Å². The van der Waals surface area contributed by atoms with Crippen molar-refractivity contribution >= 4 is 35.2 Å². The Bertz CT molecular complexity index is 1010. The molecule has 0 radical (unpaired) electrons. The maximum absolute atomic E-state index is 11.5. The molecule has 1 aliphatic rings. The van der Waals surface area contributed by atoms with Gasteiger partial charge in [-0.25, -0.2) is 15.0 Å². The third-order valence-electron chi connectivity index (χ3n) is 4.39. The highest BCUT2D eigenvalue weighted by molar-refractivity contribution is 7.99. The molecule has 144 valence electrons. The van der Waals surface area contributed by atoms with Crippen molar-refractivity contribution in [2.45, 2.75) is 30.6 Å². The Labute approximate surface area is 171 Å². The number of nitrogens with two attached hydrogens (primary N) is 1. The summed E-state index contributed by atoms with van der Waals surface area (Å²) in [4.78, 5) is 29.1. The molecule has 0 fully saturated rings. The van der Waals surface area contributed by atoms with Gasteiger partial charge in [0.2, 0.25) is 11.9 Å². The lowest BCUT2D eigenvalue weighted by atomic mass is 10.1. The Balaban J connectivity index is 1.44. The molecule has 0 saturated carbocycles. The largest absolute Gasteiger partial charge is 0.368 e. The van der Waals surface area contributed by atoms with Gasteiger partial charge in [-0.05, 0) is 19.1 Å². The van der Waals surface area contributed by atoms with E-state index in [0.29, 0.717) is 28.8 Å². The molecule has 0 aromatic carbocycles.